The van der Waals surface area contributed by atoms with Gasteiger partial charge in [0, 0.05) is 16.5 Å². The Morgan fingerprint density at radius 2 is 2.19 bits per heavy atom. The van der Waals surface area contributed by atoms with E-state index in [-0.39, 0.29) is 12.2 Å². The number of pyridine rings is 1. The lowest BCUT2D eigenvalue weighted by Crippen LogP contribution is -2.11. The van der Waals surface area contributed by atoms with Crippen LogP contribution in [-0.4, -0.2) is 10.1 Å². The van der Waals surface area contributed by atoms with Gasteiger partial charge in [0.2, 0.25) is 0 Å². The summed E-state index contributed by atoms with van der Waals surface area (Å²) in [6, 6.07) is 5.42. The average molecular weight is 218 g/mol. The highest BCUT2D eigenvalue weighted by molar-refractivity contribution is 5.83. The number of aromatic amines is 1. The van der Waals surface area contributed by atoms with Crippen LogP contribution in [0, 0.1) is 6.92 Å². The normalized spacial score (nSPS) is 11.8. The SMILES string of the molecule is [2H]n1c(=O)c(CC)cc2c(C)cc(CO)cc21. The van der Waals surface area contributed by atoms with Gasteiger partial charge in [-0.3, -0.25) is 4.79 Å². The molecular formula is C13H15NO2. The van der Waals surface area contributed by atoms with Crippen LogP contribution in [0.25, 0.3) is 10.9 Å². The van der Waals surface area contributed by atoms with Crippen LogP contribution in [0.3, 0.4) is 0 Å². The first-order valence-electron chi connectivity index (χ1n) is 5.81. The molecule has 0 aliphatic heterocycles. The minimum atomic E-state index is -0.283. The van der Waals surface area contributed by atoms with E-state index in [1.54, 1.807) is 6.07 Å². The van der Waals surface area contributed by atoms with Crippen molar-refractivity contribution in [3.05, 3.63) is 45.2 Å². The fourth-order valence-corrected chi connectivity index (χ4v) is 1.89. The van der Waals surface area contributed by atoms with E-state index in [1.807, 2.05) is 26.0 Å². The van der Waals surface area contributed by atoms with Crippen LogP contribution in [0.15, 0.2) is 23.0 Å². The van der Waals surface area contributed by atoms with Crippen LogP contribution in [-0.2, 0) is 13.0 Å². The Kier molecular flexibility index (Phi) is 2.46. The number of benzene rings is 1. The highest BCUT2D eigenvalue weighted by Crippen LogP contribution is 2.18. The van der Waals surface area contributed by atoms with Gasteiger partial charge in [0.25, 0.3) is 5.56 Å². The van der Waals surface area contributed by atoms with E-state index in [0.717, 1.165) is 21.5 Å². The number of hydrogen-bond acceptors (Lipinski definition) is 2. The van der Waals surface area contributed by atoms with Gasteiger partial charge in [0.05, 0.1) is 6.61 Å². The summed E-state index contributed by atoms with van der Waals surface area (Å²) >= 11 is 0. The number of nitrogens with one attached hydrogen (secondary N) is 1. The quantitative estimate of drug-likeness (QED) is 0.808. The molecule has 0 bridgehead atoms. The maximum atomic E-state index is 11.8. The second-order valence-electron chi connectivity index (χ2n) is 3.94. The van der Waals surface area contributed by atoms with Gasteiger partial charge in [0.15, 0.2) is 1.41 Å². The van der Waals surface area contributed by atoms with E-state index >= 15 is 0 Å². The summed E-state index contributed by atoms with van der Waals surface area (Å²) < 4.78 is 7.82. The molecule has 1 aromatic heterocycles. The third-order valence-corrected chi connectivity index (χ3v) is 2.80. The van der Waals surface area contributed by atoms with Crippen molar-refractivity contribution >= 4 is 10.9 Å². The molecule has 2 N–H and O–H groups in total. The first-order valence-corrected chi connectivity index (χ1v) is 5.36. The van der Waals surface area contributed by atoms with Crippen molar-refractivity contribution in [2.24, 2.45) is 0 Å². The smallest absolute Gasteiger partial charge is 0.251 e. The first-order chi connectivity index (χ1) is 8.08. The van der Waals surface area contributed by atoms with Crippen molar-refractivity contribution in [3.63, 3.8) is 0 Å². The van der Waals surface area contributed by atoms with Crippen LogP contribution in [0.1, 0.15) is 23.6 Å². The van der Waals surface area contributed by atoms with Gasteiger partial charge >= 0.3 is 0 Å². The minimum Gasteiger partial charge on any atom is -0.392 e. The van der Waals surface area contributed by atoms with Gasteiger partial charge in [0.1, 0.15) is 0 Å². The van der Waals surface area contributed by atoms with E-state index < -0.39 is 0 Å². The van der Waals surface area contributed by atoms with Crippen LogP contribution in [0.4, 0.5) is 0 Å². The Labute approximate surface area is 95.2 Å². The molecule has 0 saturated heterocycles. The Balaban J connectivity index is 2.91. The number of aliphatic hydroxyl groups is 1. The first kappa shape index (κ1) is 9.60. The molecule has 16 heavy (non-hydrogen) atoms. The zero-order valence-corrected chi connectivity index (χ0v) is 9.45. The molecule has 0 radical (unpaired) electrons. The number of aliphatic hydroxyl groups excluding tert-OH is 1. The van der Waals surface area contributed by atoms with Crippen molar-refractivity contribution in [1.82, 2.24) is 4.98 Å². The van der Waals surface area contributed by atoms with E-state index in [1.165, 1.54) is 0 Å². The Morgan fingerprint density at radius 1 is 1.44 bits per heavy atom. The summed E-state index contributed by atoms with van der Waals surface area (Å²) in [6.45, 7) is 3.74. The average Bonchev–Trinajstić information content (AvgIpc) is 2.34. The Morgan fingerprint density at radius 3 is 2.81 bits per heavy atom. The molecule has 3 nitrogen and oxygen atoms in total. The van der Waals surface area contributed by atoms with Crippen LogP contribution in [0.2, 0.25) is 1.41 Å². The van der Waals surface area contributed by atoms with Gasteiger partial charge in [-0.1, -0.05) is 13.0 Å². The molecule has 2 aromatic rings. The van der Waals surface area contributed by atoms with E-state index in [4.69, 9.17) is 6.52 Å². The summed E-state index contributed by atoms with van der Waals surface area (Å²) in [5.41, 5.74) is 2.61. The minimum absolute atomic E-state index is 0.0828. The van der Waals surface area contributed by atoms with Crippen molar-refractivity contribution in [2.45, 2.75) is 26.9 Å². The molecule has 2 rings (SSSR count). The summed E-state index contributed by atoms with van der Waals surface area (Å²) in [7, 11) is 0. The molecule has 0 aliphatic carbocycles. The maximum Gasteiger partial charge on any atom is 0.251 e. The highest BCUT2D eigenvalue weighted by atomic mass is 16.3. The van der Waals surface area contributed by atoms with Crippen LogP contribution < -0.4 is 5.56 Å². The standard InChI is InChI=1S/C13H15NO2/c1-3-10-6-11-8(2)4-9(7-15)5-12(11)14-13(10)16/h4-6,15H,3,7H2,1-2H3,(H,14,16)/i/hD. The summed E-state index contributed by atoms with van der Waals surface area (Å²) in [4.78, 5) is 12.8. The summed E-state index contributed by atoms with van der Waals surface area (Å²) in [6.07, 6.45) is 0.620. The van der Waals surface area contributed by atoms with Crippen LogP contribution >= 0.6 is 0 Å². The van der Waals surface area contributed by atoms with Gasteiger partial charge in [-0.15, -0.1) is 0 Å². The third-order valence-electron chi connectivity index (χ3n) is 2.80. The largest absolute Gasteiger partial charge is 0.392 e. The Bertz CT molecular complexity index is 631. The maximum absolute atomic E-state index is 11.8. The van der Waals surface area contributed by atoms with Crippen molar-refractivity contribution < 1.29 is 6.52 Å². The molecule has 0 amide bonds. The predicted octanol–water partition coefficient (Wildman–Crippen LogP) is 1.89. The number of fused-ring (bicyclic) bond motifs is 1. The predicted molar refractivity (Wildman–Crippen MR) is 64.6 cm³/mol. The highest BCUT2D eigenvalue weighted by Gasteiger charge is 2.04. The lowest BCUT2D eigenvalue weighted by atomic mass is 10.0. The van der Waals surface area contributed by atoms with E-state index in [2.05, 4.69) is 0 Å². The molecule has 0 saturated carbocycles. The molecule has 0 atom stereocenters. The topological polar surface area (TPSA) is 53.1 Å². The van der Waals surface area contributed by atoms with E-state index in [9.17, 15) is 4.79 Å². The van der Waals surface area contributed by atoms with Crippen LogP contribution in [0.5, 0.6) is 0 Å². The molecule has 1 heterocycles. The number of rotatable bonds is 2. The summed E-state index contributed by atoms with van der Waals surface area (Å²) in [5, 5.41) is 10.0. The molecule has 0 spiro atoms. The molecule has 0 fully saturated rings. The summed E-state index contributed by atoms with van der Waals surface area (Å²) in [5.74, 6) is 0. The fourth-order valence-electron chi connectivity index (χ4n) is 1.89. The molecule has 3 heteroatoms. The number of aryl methyl sites for hydroxylation is 2. The second kappa shape index (κ2) is 4.10. The van der Waals surface area contributed by atoms with Crippen molar-refractivity contribution in [2.75, 3.05) is 0 Å². The molecule has 0 unspecified atom stereocenters. The van der Waals surface area contributed by atoms with E-state index in [0.29, 0.717) is 17.5 Å². The number of hydrogen-bond donors (Lipinski definition) is 2. The molecular weight excluding hydrogens is 202 g/mol. The number of H-pyrrole nitrogens is 1. The van der Waals surface area contributed by atoms with Gasteiger partial charge < -0.3 is 10.1 Å². The third kappa shape index (κ3) is 1.74. The number of aromatic nitrogens is 1. The van der Waals surface area contributed by atoms with Crippen molar-refractivity contribution in [3.8, 4) is 0 Å². The zero-order chi connectivity index (χ0) is 12.6. The molecule has 84 valence electrons. The lowest BCUT2D eigenvalue weighted by molar-refractivity contribution is 0.282. The van der Waals surface area contributed by atoms with Gasteiger partial charge in [-0.2, -0.15) is 0 Å². The second-order valence-corrected chi connectivity index (χ2v) is 3.94. The monoisotopic (exact) mass is 218 g/mol. The van der Waals surface area contributed by atoms with Crippen molar-refractivity contribution in [1.29, 1.82) is 0 Å². The van der Waals surface area contributed by atoms with Gasteiger partial charge in [-0.05, 0) is 36.6 Å². The Hall–Kier alpha value is -1.61. The zero-order valence-electron chi connectivity index (χ0n) is 10.4. The van der Waals surface area contributed by atoms with Gasteiger partial charge in [-0.25, -0.2) is 0 Å². The molecule has 1 aromatic carbocycles. The fraction of sp³-hybridized carbons (Fsp3) is 0.308. The molecule has 0 aliphatic rings. The lowest BCUT2D eigenvalue weighted by Gasteiger charge is -2.06.